The van der Waals surface area contributed by atoms with Crippen molar-refractivity contribution in [1.82, 2.24) is 0 Å². The van der Waals surface area contributed by atoms with Gasteiger partial charge in [0.25, 0.3) is 5.79 Å². The molecule has 5 nitrogen and oxygen atoms in total. The molecule has 0 amide bonds. The lowest BCUT2D eigenvalue weighted by Crippen LogP contribution is -2.56. The van der Waals surface area contributed by atoms with E-state index in [0.29, 0.717) is 31.6 Å². The van der Waals surface area contributed by atoms with Crippen molar-refractivity contribution in [2.75, 3.05) is 6.61 Å². The van der Waals surface area contributed by atoms with Gasteiger partial charge in [-0.25, -0.2) is 0 Å². The van der Waals surface area contributed by atoms with Gasteiger partial charge in [-0.15, -0.1) is 0 Å². The average Bonchev–Trinajstić information content (AvgIpc) is 2.70. The minimum Gasteiger partial charge on any atom is -0.461 e. The number of allylic oxidation sites excluding steroid dienone is 1. The number of carbonyl (C=O) groups excluding carboxylic acids is 1. The van der Waals surface area contributed by atoms with E-state index in [1.54, 1.807) is 0 Å². The number of ketones is 1. The maximum absolute atomic E-state index is 12.4. The van der Waals surface area contributed by atoms with E-state index in [2.05, 4.69) is 0 Å². The highest BCUT2D eigenvalue weighted by atomic mass is 16.8. The Morgan fingerprint density at radius 1 is 1.32 bits per heavy atom. The van der Waals surface area contributed by atoms with Gasteiger partial charge in [-0.3, -0.25) is 4.79 Å². The third-order valence-corrected chi connectivity index (χ3v) is 4.59. The molecule has 19 heavy (non-hydrogen) atoms. The first-order valence-electron chi connectivity index (χ1n) is 6.83. The molecule has 0 aromatic carbocycles. The first-order chi connectivity index (χ1) is 8.88. The molecule has 2 fully saturated rings. The fourth-order valence-corrected chi connectivity index (χ4v) is 3.78. The summed E-state index contributed by atoms with van der Waals surface area (Å²) in [7, 11) is 0. The minimum atomic E-state index is -1.43. The minimum absolute atomic E-state index is 0.0869. The Bertz CT molecular complexity index is 494. The molecular weight excluding hydrogens is 248 g/mol. The Hall–Kier alpha value is -0.910. The number of hydrogen-bond acceptors (Lipinski definition) is 5. The fourth-order valence-electron chi connectivity index (χ4n) is 3.78. The summed E-state index contributed by atoms with van der Waals surface area (Å²) >= 11 is 0. The van der Waals surface area contributed by atoms with Crippen LogP contribution < -0.4 is 0 Å². The highest BCUT2D eigenvalue weighted by molar-refractivity contribution is 5.98. The maximum Gasteiger partial charge on any atom is 0.259 e. The first kappa shape index (κ1) is 11.9. The summed E-state index contributed by atoms with van der Waals surface area (Å²) in [4.78, 5) is 12.4. The van der Waals surface area contributed by atoms with E-state index in [9.17, 15) is 9.90 Å². The summed E-state index contributed by atoms with van der Waals surface area (Å²) in [6.45, 7) is 4.52. The lowest BCUT2D eigenvalue weighted by atomic mass is 9.70. The Labute approximate surface area is 111 Å². The largest absolute Gasteiger partial charge is 0.461 e. The van der Waals surface area contributed by atoms with Gasteiger partial charge in [0.2, 0.25) is 6.29 Å². The van der Waals surface area contributed by atoms with E-state index in [0.717, 1.165) is 5.57 Å². The first-order valence-corrected chi connectivity index (χ1v) is 6.83. The molecule has 0 saturated carbocycles. The zero-order valence-electron chi connectivity index (χ0n) is 11.1. The summed E-state index contributed by atoms with van der Waals surface area (Å²) in [5.41, 5.74) is 0.622. The van der Waals surface area contributed by atoms with Gasteiger partial charge in [0.05, 0.1) is 12.7 Å². The molecule has 0 spiro atoms. The number of ether oxygens (including phenoxy) is 3. The van der Waals surface area contributed by atoms with Crippen LogP contribution in [0.3, 0.4) is 0 Å². The van der Waals surface area contributed by atoms with Crippen molar-refractivity contribution in [2.45, 2.75) is 51.3 Å². The zero-order valence-corrected chi connectivity index (χ0v) is 11.1. The maximum atomic E-state index is 12.4. The molecule has 0 aromatic heterocycles. The van der Waals surface area contributed by atoms with Crippen molar-refractivity contribution in [2.24, 2.45) is 11.3 Å². The van der Waals surface area contributed by atoms with Crippen molar-refractivity contribution >= 4 is 5.78 Å². The average molecular weight is 266 g/mol. The molecule has 4 bridgehead atoms. The monoisotopic (exact) mass is 266 g/mol. The van der Waals surface area contributed by atoms with E-state index in [-0.39, 0.29) is 23.2 Å². The van der Waals surface area contributed by atoms with Crippen LogP contribution in [-0.2, 0) is 19.0 Å². The van der Waals surface area contributed by atoms with Crippen molar-refractivity contribution in [3.63, 3.8) is 0 Å². The summed E-state index contributed by atoms with van der Waals surface area (Å²) in [6.07, 6.45) is 0.771. The molecule has 3 aliphatic heterocycles. The Kier molecular flexibility index (Phi) is 2.12. The number of aliphatic hydroxyl groups is 1. The van der Waals surface area contributed by atoms with Gasteiger partial charge in [-0.1, -0.05) is 13.8 Å². The molecule has 2 saturated heterocycles. The van der Waals surface area contributed by atoms with Crippen molar-refractivity contribution < 1.29 is 24.1 Å². The fraction of sp³-hybridized carbons (Fsp3) is 0.786. The van der Waals surface area contributed by atoms with Crippen LogP contribution in [0.15, 0.2) is 11.3 Å². The lowest BCUT2D eigenvalue weighted by Gasteiger charge is -2.48. The van der Waals surface area contributed by atoms with Gasteiger partial charge in [0.1, 0.15) is 5.76 Å². The number of Topliss-reactive ketones (excluding diaryl/α,β-unsaturated/α-hetero) is 1. The number of fused-ring (bicyclic) bond motifs is 7. The van der Waals surface area contributed by atoms with Crippen LogP contribution in [0.4, 0.5) is 0 Å². The molecule has 5 heteroatoms. The van der Waals surface area contributed by atoms with E-state index < -0.39 is 12.1 Å². The molecular formula is C14H18O5. The molecule has 3 heterocycles. The van der Waals surface area contributed by atoms with Gasteiger partial charge in [0, 0.05) is 30.8 Å². The van der Waals surface area contributed by atoms with Gasteiger partial charge in [0.15, 0.2) is 5.78 Å². The van der Waals surface area contributed by atoms with Crippen LogP contribution in [0, 0.1) is 11.3 Å². The molecule has 1 aliphatic carbocycles. The predicted octanol–water partition coefficient (Wildman–Crippen LogP) is 1.11. The van der Waals surface area contributed by atoms with E-state index in [1.165, 1.54) is 0 Å². The van der Waals surface area contributed by atoms with Crippen LogP contribution in [0.1, 0.15) is 33.1 Å². The third kappa shape index (κ3) is 1.55. The van der Waals surface area contributed by atoms with Gasteiger partial charge in [-0.2, -0.15) is 0 Å². The van der Waals surface area contributed by atoms with E-state index in [4.69, 9.17) is 14.2 Å². The quantitative estimate of drug-likeness (QED) is 0.711. The van der Waals surface area contributed by atoms with Crippen molar-refractivity contribution in [1.29, 1.82) is 0 Å². The summed E-state index contributed by atoms with van der Waals surface area (Å²) in [5, 5.41) is 10.6. The highest BCUT2D eigenvalue weighted by Gasteiger charge is 2.60. The Morgan fingerprint density at radius 2 is 2.11 bits per heavy atom. The Morgan fingerprint density at radius 3 is 2.89 bits per heavy atom. The van der Waals surface area contributed by atoms with Crippen LogP contribution in [0.25, 0.3) is 0 Å². The van der Waals surface area contributed by atoms with E-state index in [1.807, 2.05) is 13.8 Å². The topological polar surface area (TPSA) is 65.0 Å². The predicted molar refractivity (Wildman–Crippen MR) is 63.8 cm³/mol. The molecule has 4 rings (SSSR count). The highest BCUT2D eigenvalue weighted by Crippen LogP contribution is 2.52. The second-order valence-corrected chi connectivity index (χ2v) is 6.88. The molecule has 4 aliphatic rings. The number of carbonyl (C=O) groups is 1. The second-order valence-electron chi connectivity index (χ2n) is 6.88. The lowest BCUT2D eigenvalue weighted by molar-refractivity contribution is -0.331. The van der Waals surface area contributed by atoms with Crippen molar-refractivity contribution in [3.8, 4) is 0 Å². The van der Waals surface area contributed by atoms with Crippen LogP contribution in [0.5, 0.6) is 0 Å². The van der Waals surface area contributed by atoms with E-state index >= 15 is 0 Å². The molecule has 0 unspecified atom stereocenters. The van der Waals surface area contributed by atoms with Gasteiger partial charge >= 0.3 is 0 Å². The Balaban J connectivity index is 1.81. The van der Waals surface area contributed by atoms with Crippen LogP contribution in [0.2, 0.25) is 0 Å². The standard InChI is InChI=1S/C14H18O5/c1-13(2)4-8(15)11-7-3-14(16,19-9(11)5-13)12-17-6-10(7)18-12/h7,10,12,16H,3-6H2,1-2H3/t7-,10-,12-,14+/m1/s1. The molecule has 104 valence electrons. The second kappa shape index (κ2) is 3.40. The molecule has 1 N–H and O–H groups in total. The van der Waals surface area contributed by atoms with Crippen molar-refractivity contribution in [3.05, 3.63) is 11.3 Å². The normalized spacial score (nSPS) is 46.9. The summed E-state index contributed by atoms with van der Waals surface area (Å²) < 4.78 is 16.8. The van der Waals surface area contributed by atoms with Crippen LogP contribution in [-0.4, -0.2) is 35.7 Å². The SMILES string of the molecule is CC1(C)CC(=O)C2=C(C1)O[C@@]1(O)C[C@@H]2[C@H]2CO[C@@H]1O2. The summed E-state index contributed by atoms with van der Waals surface area (Å²) in [5.74, 6) is -0.725. The summed E-state index contributed by atoms with van der Waals surface area (Å²) in [6, 6.07) is 0. The zero-order chi connectivity index (χ0) is 13.4. The number of hydrogen-bond donors (Lipinski definition) is 1. The number of rotatable bonds is 0. The third-order valence-electron chi connectivity index (χ3n) is 4.59. The van der Waals surface area contributed by atoms with Gasteiger partial charge in [-0.05, 0) is 5.41 Å². The molecule has 0 radical (unpaired) electrons. The molecule has 4 atom stereocenters. The smallest absolute Gasteiger partial charge is 0.259 e. The van der Waals surface area contributed by atoms with Gasteiger partial charge < -0.3 is 19.3 Å². The van der Waals surface area contributed by atoms with Crippen LogP contribution >= 0.6 is 0 Å². The molecule has 0 aromatic rings.